The average molecular weight is 1980 g/mol. The van der Waals surface area contributed by atoms with Crippen molar-refractivity contribution in [2.24, 2.45) is 5.92 Å². The monoisotopic (exact) mass is 1980 g/mol. The number of fused-ring (bicyclic) bond motifs is 5. The second-order valence-corrected chi connectivity index (χ2v) is 35.2. The van der Waals surface area contributed by atoms with Crippen LogP contribution in [0.2, 0.25) is 25.8 Å². The number of benzene rings is 5. The van der Waals surface area contributed by atoms with Crippen molar-refractivity contribution in [2.45, 2.75) is 104 Å². The highest BCUT2D eigenvalue weighted by Gasteiger charge is 2.32. The molecule has 1 saturated carbocycles. The van der Waals surface area contributed by atoms with E-state index in [0.717, 1.165) is 85.0 Å². The first kappa shape index (κ1) is 101. The number of halogens is 5. The van der Waals surface area contributed by atoms with E-state index in [1.54, 1.807) is 65.9 Å². The van der Waals surface area contributed by atoms with Crippen LogP contribution in [0.15, 0.2) is 183 Å². The van der Waals surface area contributed by atoms with Crippen LogP contribution in [0.1, 0.15) is 128 Å². The van der Waals surface area contributed by atoms with Gasteiger partial charge in [-0.05, 0) is 128 Å². The molecule has 5 aromatic carbocycles. The minimum absolute atomic E-state index is 0.0134. The van der Waals surface area contributed by atoms with Gasteiger partial charge in [0.2, 0.25) is 0 Å². The van der Waals surface area contributed by atoms with Crippen molar-refractivity contribution in [3.63, 3.8) is 0 Å². The number of ether oxygens (including phenoxy) is 6. The summed E-state index contributed by atoms with van der Waals surface area (Å²) < 4.78 is 38.5. The van der Waals surface area contributed by atoms with E-state index in [4.69, 9.17) is 86.4 Å². The van der Waals surface area contributed by atoms with Crippen molar-refractivity contribution in [1.29, 1.82) is 0 Å². The first-order valence-corrected chi connectivity index (χ1v) is 45.9. The summed E-state index contributed by atoms with van der Waals surface area (Å²) >= 11 is 31.1. The van der Waals surface area contributed by atoms with E-state index in [1.807, 2.05) is 216 Å². The lowest BCUT2D eigenvalue weighted by Crippen LogP contribution is -2.48. The molecule has 2 fully saturated rings. The van der Waals surface area contributed by atoms with Gasteiger partial charge in [0.15, 0.2) is 82.5 Å². The largest absolute Gasteiger partial charge is 0.497 e. The summed E-state index contributed by atoms with van der Waals surface area (Å²) in [5, 5.41) is 46.4. The smallest absolute Gasteiger partial charge is 0.272 e. The van der Waals surface area contributed by atoms with E-state index in [0.29, 0.717) is 140 Å². The van der Waals surface area contributed by atoms with Gasteiger partial charge in [-0.15, -0.1) is 0 Å². The lowest BCUT2D eigenvalue weighted by atomic mass is 9.89. The van der Waals surface area contributed by atoms with Crippen LogP contribution in [0, 0.1) is 5.92 Å². The van der Waals surface area contributed by atoms with Crippen molar-refractivity contribution in [2.75, 3.05) is 122 Å². The summed E-state index contributed by atoms with van der Waals surface area (Å²) in [4.78, 5) is 94.3. The molecule has 1 aliphatic heterocycles. The van der Waals surface area contributed by atoms with Crippen molar-refractivity contribution in [3.8, 4) is 28.7 Å². The third-order valence-corrected chi connectivity index (χ3v) is 23.0. The number of nitrogens with zero attached hydrogens (tertiary/aromatic N) is 20. The zero-order chi connectivity index (χ0) is 98.7. The van der Waals surface area contributed by atoms with Gasteiger partial charge in [0.25, 0.3) is 29.5 Å². The van der Waals surface area contributed by atoms with Gasteiger partial charge in [0, 0.05) is 123 Å². The number of amides is 5. The predicted molar refractivity (Wildman–Crippen MR) is 532 cm³/mol. The van der Waals surface area contributed by atoms with Crippen molar-refractivity contribution >= 4 is 144 Å². The molecule has 0 bridgehead atoms. The lowest BCUT2D eigenvalue weighted by molar-refractivity contribution is -0.00358. The molecule has 1 saturated heterocycles. The van der Waals surface area contributed by atoms with Crippen LogP contribution >= 0.6 is 58.0 Å². The molecule has 0 atom stereocenters. The van der Waals surface area contributed by atoms with E-state index < -0.39 is 0 Å². The van der Waals surface area contributed by atoms with Gasteiger partial charge >= 0.3 is 0 Å². The minimum Gasteiger partial charge on any atom is -0.497 e. The number of carbonyl (C=O) groups is 5. The first-order chi connectivity index (χ1) is 66.3. The molecule has 17 rings (SSSR count). The normalized spacial score (nSPS) is 13.1. The Kier molecular flexibility index (Phi) is 34.3. The summed E-state index contributed by atoms with van der Waals surface area (Å²) in [5.74, 6) is 3.16. The van der Waals surface area contributed by atoms with E-state index in [9.17, 15) is 29.1 Å². The number of nitrogens with one attached hydrogen (secondary N) is 5. The quantitative estimate of drug-likeness (QED) is 0.0235. The standard InChI is InChI=1S/C20H22ClN5O3.C20H24ClN5O2.C19H20ClN5O3.C19H22ClN5O2.C18H20ClN5O2/c1-25(11-12-3-5-15(29-2)6-4-12)16-9-18(21)24-26-17(10-22-19(16)26)20(28)23-13-7-14(27)8-13;1-13(2)10-23-20(27)17-11-22-19-16(9-18(21)24-26(17)19)25(3)12-14-5-7-15(28-4)8-6-14;1-24(9-12-3-5-14(27-2)6-4-12)15-7-17(20)23-25-16(8-21-18(15)25)19(26)22-13-10-28-11-13;1-12(2)22-19(26)16-10-21-18-15(9-17(20)23-25(16)18)24(3)11-13-5-7-14(27-4)8-6-13;1-4-20-18(25)15-10-21-17-14(9-16(19)22-24(15)17)23(2)11-12-5-7-13(26-3)8-6-12/h3-6,9-10,13-14,27H,7-8,11H2,1-2H3,(H,23,28);5-9,11,13H,10,12H2,1-4H3,(H,23,27);3-8,13H,9-11H2,1-2H3,(H,22,26);5-10,12H,11H2,1-4H3,(H,22,26);5-10H,4,11H2,1-3H3,(H,20,25). The van der Waals surface area contributed by atoms with E-state index >= 15 is 0 Å². The maximum absolute atomic E-state index is 12.6. The molecule has 15 aromatic rings. The molecule has 37 nitrogen and oxygen atoms in total. The lowest BCUT2D eigenvalue weighted by Gasteiger charge is -2.31. The number of hydrogen-bond acceptors (Lipinski definition) is 27. The average Bonchev–Trinajstić information content (AvgIpc) is 1.64. The van der Waals surface area contributed by atoms with Crippen molar-refractivity contribution in [1.82, 2.24) is 99.6 Å². The number of rotatable bonds is 31. The van der Waals surface area contributed by atoms with Crippen molar-refractivity contribution < 1.29 is 57.5 Å². The number of carbonyl (C=O) groups excluding carboxylic acids is 5. The Bertz CT molecular complexity index is 6740. The summed E-state index contributed by atoms with van der Waals surface area (Å²) in [5.41, 5.74) is 14.0. The van der Waals surface area contributed by atoms with E-state index in [1.165, 1.54) is 53.6 Å². The number of hydrogen-bond donors (Lipinski definition) is 6. The molecular formula is C96H108Cl5N25O12. The third-order valence-electron chi connectivity index (χ3n) is 22.1. The molecule has 5 amide bonds. The number of aromatic nitrogens is 15. The molecule has 10 aromatic heterocycles. The second kappa shape index (κ2) is 46.6. The Morgan fingerprint density at radius 3 is 0.833 bits per heavy atom. The zero-order valence-corrected chi connectivity index (χ0v) is 82.5. The summed E-state index contributed by atoms with van der Waals surface area (Å²) in [6.45, 7) is 15.0. The van der Waals surface area contributed by atoms with Crippen LogP contribution in [0.25, 0.3) is 28.2 Å². The molecule has 0 radical (unpaired) electrons. The van der Waals surface area contributed by atoms with E-state index in [2.05, 4.69) is 77.0 Å². The zero-order valence-electron chi connectivity index (χ0n) is 78.8. The molecule has 0 unspecified atom stereocenters. The Hall–Kier alpha value is -14.1. The molecule has 6 N–H and O–H groups in total. The van der Waals surface area contributed by atoms with Crippen LogP contribution in [0.5, 0.6) is 28.7 Å². The van der Waals surface area contributed by atoms with Gasteiger partial charge in [-0.1, -0.05) is 133 Å². The maximum atomic E-state index is 12.6. The highest BCUT2D eigenvalue weighted by atomic mass is 35.5. The Labute approximate surface area is 821 Å². The van der Waals surface area contributed by atoms with Gasteiger partial charge in [0.05, 0.1) is 120 Å². The van der Waals surface area contributed by atoms with Crippen molar-refractivity contribution in [3.05, 3.63) is 265 Å². The first-order valence-electron chi connectivity index (χ1n) is 44.0. The fourth-order valence-electron chi connectivity index (χ4n) is 14.8. The molecule has 11 heterocycles. The van der Waals surface area contributed by atoms with Gasteiger partial charge in [-0.25, -0.2) is 47.5 Å². The summed E-state index contributed by atoms with van der Waals surface area (Å²) in [7, 11) is 17.9. The topological polar surface area (TPSA) is 388 Å². The molecule has 0 spiro atoms. The van der Waals surface area contributed by atoms with E-state index in [-0.39, 0.29) is 74.4 Å². The number of aliphatic hydroxyl groups is 1. The SMILES string of the molecule is CCNC(=O)c1cnc2c(N(C)Cc3ccc(OC)cc3)cc(Cl)nn12.COc1ccc(CN(C)c2cc(Cl)nn3c(C(=O)NC(C)C)cnc23)cc1.COc1ccc(CN(C)c2cc(Cl)nn3c(C(=O)NC4CC(O)C4)cnc23)cc1.COc1ccc(CN(C)c2cc(Cl)nn3c(C(=O)NC4COC4)cnc23)cc1.COc1ccc(CN(C)c2cc(Cl)nn3c(C(=O)NCC(C)C)cnc23)cc1. The number of imidazole rings is 5. The van der Waals surface area contributed by atoms with Gasteiger partial charge in [0.1, 0.15) is 28.7 Å². The number of methoxy groups -OCH3 is 5. The number of aliphatic hydroxyl groups excluding tert-OH is 1. The highest BCUT2D eigenvalue weighted by Crippen LogP contribution is 2.33. The Morgan fingerprint density at radius 1 is 0.377 bits per heavy atom. The number of anilines is 5. The Balaban J connectivity index is 0.000000146. The Morgan fingerprint density at radius 2 is 0.616 bits per heavy atom. The van der Waals surface area contributed by atoms with Crippen LogP contribution in [0.4, 0.5) is 28.4 Å². The molecule has 2 aliphatic rings. The third kappa shape index (κ3) is 25.4. The summed E-state index contributed by atoms with van der Waals surface area (Å²) in [6.07, 6.45) is 8.34. The van der Waals surface area contributed by atoms with Crippen LogP contribution in [-0.4, -0.2) is 229 Å². The minimum atomic E-state index is -0.340. The predicted octanol–water partition coefficient (Wildman–Crippen LogP) is 13.8. The second-order valence-electron chi connectivity index (χ2n) is 33.3. The summed E-state index contributed by atoms with van der Waals surface area (Å²) in [6, 6.07) is 47.9. The molecule has 138 heavy (non-hydrogen) atoms. The van der Waals surface area contributed by atoms with Gasteiger partial charge < -0.3 is 84.6 Å². The molecule has 1 aliphatic carbocycles. The molecular weight excluding hydrogens is 1870 g/mol. The molecule has 42 heteroatoms. The van der Waals surface area contributed by atoms with Gasteiger partial charge in [-0.3, -0.25) is 24.0 Å². The highest BCUT2D eigenvalue weighted by molar-refractivity contribution is 6.31. The van der Waals surface area contributed by atoms with Gasteiger partial charge in [-0.2, -0.15) is 25.5 Å². The van der Waals surface area contributed by atoms with Crippen LogP contribution < -0.4 is 74.8 Å². The fraction of sp³-hybridized carbons (Fsp3) is 0.323. The van der Waals surface area contributed by atoms with Crippen LogP contribution in [-0.2, 0) is 37.5 Å². The fourth-order valence-corrected chi connectivity index (χ4v) is 15.7. The molecule has 724 valence electrons. The maximum Gasteiger partial charge on any atom is 0.272 e. The van der Waals surface area contributed by atoms with Crippen LogP contribution in [0.3, 0.4) is 0 Å².